The van der Waals surface area contributed by atoms with Gasteiger partial charge in [-0.1, -0.05) is 6.07 Å². The molecule has 0 fully saturated rings. The van der Waals surface area contributed by atoms with E-state index in [0.717, 1.165) is 0 Å². The first-order valence-electron chi connectivity index (χ1n) is 8.47. The van der Waals surface area contributed by atoms with E-state index in [9.17, 15) is 19.5 Å². The van der Waals surface area contributed by atoms with Gasteiger partial charge in [-0.25, -0.2) is 4.79 Å². The lowest BCUT2D eigenvalue weighted by atomic mass is 10.0. The summed E-state index contributed by atoms with van der Waals surface area (Å²) in [7, 11) is 1.54. The number of aromatic hydroxyl groups is 1. The van der Waals surface area contributed by atoms with Crippen molar-refractivity contribution in [1.29, 1.82) is 0 Å². The Morgan fingerprint density at radius 2 is 1.68 bits per heavy atom. The van der Waals surface area contributed by atoms with E-state index in [1.807, 2.05) is 0 Å². The van der Waals surface area contributed by atoms with Gasteiger partial charge < -0.3 is 25.7 Å². The number of hydrogen-bond donors (Lipinski definition) is 5. The van der Waals surface area contributed by atoms with Crippen LogP contribution in [0.25, 0.3) is 21.8 Å². The first kappa shape index (κ1) is 17.3. The second-order valence-corrected chi connectivity index (χ2v) is 6.30. The Balaban J connectivity index is 1.69. The number of fused-ring (bicyclic) bond motifs is 2. The van der Waals surface area contributed by atoms with E-state index in [1.54, 1.807) is 36.4 Å². The van der Waals surface area contributed by atoms with Gasteiger partial charge in [0.25, 0.3) is 11.8 Å². The quantitative estimate of drug-likeness (QED) is 0.376. The lowest BCUT2D eigenvalue weighted by Crippen LogP contribution is -2.17. The van der Waals surface area contributed by atoms with Gasteiger partial charge in [-0.15, -0.1) is 0 Å². The van der Waals surface area contributed by atoms with Crippen molar-refractivity contribution in [3.63, 3.8) is 0 Å². The number of aromatic nitrogens is 2. The molecule has 0 spiro atoms. The summed E-state index contributed by atoms with van der Waals surface area (Å²) in [6.07, 6.45) is 0. The van der Waals surface area contributed by atoms with E-state index < -0.39 is 5.91 Å². The van der Waals surface area contributed by atoms with Gasteiger partial charge in [0.15, 0.2) is 0 Å². The van der Waals surface area contributed by atoms with Crippen LogP contribution in [0, 0.1) is 0 Å². The third kappa shape index (κ3) is 3.07. The molecular formula is C20H16N4O4. The third-order valence-corrected chi connectivity index (χ3v) is 4.46. The smallest absolute Gasteiger partial charge is 0.323 e. The van der Waals surface area contributed by atoms with Crippen LogP contribution >= 0.6 is 0 Å². The second-order valence-electron chi connectivity index (χ2n) is 6.30. The monoisotopic (exact) mass is 376 g/mol. The highest BCUT2D eigenvalue weighted by atomic mass is 16.3. The highest BCUT2D eigenvalue weighted by Crippen LogP contribution is 2.27. The maximum Gasteiger partial charge on any atom is 0.323 e. The van der Waals surface area contributed by atoms with Crippen molar-refractivity contribution in [2.45, 2.75) is 0 Å². The lowest BCUT2D eigenvalue weighted by molar-refractivity contribution is 0.0962. The fraction of sp³-hybridized carbons (Fsp3) is 0.0500. The number of H-pyrrole nitrogens is 2. The van der Waals surface area contributed by atoms with Gasteiger partial charge in [0.05, 0.1) is 16.6 Å². The largest absolute Gasteiger partial charge is 0.507 e. The van der Waals surface area contributed by atoms with E-state index in [2.05, 4.69) is 20.6 Å². The minimum absolute atomic E-state index is 0.0733. The van der Waals surface area contributed by atoms with Crippen LogP contribution in [0.1, 0.15) is 20.7 Å². The number of aromatic amines is 2. The first-order chi connectivity index (χ1) is 13.4. The van der Waals surface area contributed by atoms with Gasteiger partial charge in [-0.05, 0) is 53.2 Å². The molecule has 3 aromatic carbocycles. The molecular weight excluding hydrogens is 360 g/mol. The van der Waals surface area contributed by atoms with Crippen LogP contribution in [0.15, 0.2) is 53.3 Å². The van der Waals surface area contributed by atoms with Crippen LogP contribution < -0.4 is 16.3 Å². The van der Waals surface area contributed by atoms with E-state index in [1.165, 1.54) is 19.2 Å². The van der Waals surface area contributed by atoms with Crippen molar-refractivity contribution in [3.8, 4) is 5.75 Å². The normalized spacial score (nSPS) is 10.9. The number of phenolic OH excluding ortho intramolecular Hbond substituents is 1. The van der Waals surface area contributed by atoms with E-state index in [0.29, 0.717) is 33.1 Å². The number of hydrogen-bond acceptors (Lipinski definition) is 4. The zero-order valence-corrected chi connectivity index (χ0v) is 14.8. The maximum absolute atomic E-state index is 12.7. The summed E-state index contributed by atoms with van der Waals surface area (Å²) in [4.78, 5) is 41.1. The van der Waals surface area contributed by atoms with Crippen molar-refractivity contribution < 1.29 is 14.7 Å². The molecule has 0 aliphatic carbocycles. The van der Waals surface area contributed by atoms with E-state index >= 15 is 0 Å². The Hall–Kier alpha value is -4.07. The molecule has 8 heteroatoms. The summed E-state index contributed by atoms with van der Waals surface area (Å²) in [6, 6.07) is 12.9. The molecule has 2 amide bonds. The highest BCUT2D eigenvalue weighted by Gasteiger charge is 2.14. The Bertz CT molecular complexity index is 1300. The predicted octanol–water partition coefficient (Wildman–Crippen LogP) is 2.33. The molecule has 4 aromatic rings. The average Bonchev–Trinajstić information content (AvgIpc) is 3.05. The SMILES string of the molecule is CNC(=O)c1ccc2cc(O)c(C(=O)Nc3ccc4[nH]c(=O)[nH]c4c3)cc2c1. The summed E-state index contributed by atoms with van der Waals surface area (Å²) in [6.45, 7) is 0. The molecule has 0 aliphatic heterocycles. The van der Waals surface area contributed by atoms with Crippen LogP contribution in [0.4, 0.5) is 5.69 Å². The molecule has 5 N–H and O–H groups in total. The van der Waals surface area contributed by atoms with Gasteiger partial charge in [-0.2, -0.15) is 0 Å². The molecule has 4 rings (SSSR count). The molecule has 0 atom stereocenters. The van der Waals surface area contributed by atoms with Crippen LogP contribution in [-0.4, -0.2) is 33.9 Å². The summed E-state index contributed by atoms with van der Waals surface area (Å²) in [5.74, 6) is -0.925. The lowest BCUT2D eigenvalue weighted by Gasteiger charge is -2.09. The molecule has 1 heterocycles. The van der Waals surface area contributed by atoms with Crippen molar-refractivity contribution in [2.24, 2.45) is 0 Å². The Morgan fingerprint density at radius 1 is 0.893 bits per heavy atom. The molecule has 0 radical (unpaired) electrons. The fourth-order valence-electron chi connectivity index (χ4n) is 3.06. The van der Waals surface area contributed by atoms with Gasteiger partial charge >= 0.3 is 5.69 Å². The topological polar surface area (TPSA) is 127 Å². The van der Waals surface area contributed by atoms with Crippen LogP contribution in [-0.2, 0) is 0 Å². The number of anilines is 1. The second kappa shape index (κ2) is 6.58. The van der Waals surface area contributed by atoms with Crippen LogP contribution in [0.5, 0.6) is 5.75 Å². The van der Waals surface area contributed by atoms with E-state index in [4.69, 9.17) is 0 Å². The molecule has 0 bridgehead atoms. The number of benzene rings is 3. The number of rotatable bonds is 3. The van der Waals surface area contributed by atoms with Crippen molar-refractivity contribution in [2.75, 3.05) is 12.4 Å². The zero-order valence-electron chi connectivity index (χ0n) is 14.8. The number of imidazole rings is 1. The Kier molecular flexibility index (Phi) is 4.08. The minimum atomic E-state index is -0.512. The molecule has 0 saturated carbocycles. The maximum atomic E-state index is 12.7. The van der Waals surface area contributed by atoms with Gasteiger partial charge in [0, 0.05) is 18.3 Å². The summed E-state index contributed by atoms with van der Waals surface area (Å²) >= 11 is 0. The molecule has 28 heavy (non-hydrogen) atoms. The number of nitrogens with one attached hydrogen (secondary N) is 4. The van der Waals surface area contributed by atoms with Crippen LogP contribution in [0.2, 0.25) is 0 Å². The first-order valence-corrected chi connectivity index (χ1v) is 8.47. The molecule has 0 unspecified atom stereocenters. The van der Waals surface area contributed by atoms with Gasteiger partial charge in [0.2, 0.25) is 0 Å². The molecule has 140 valence electrons. The van der Waals surface area contributed by atoms with E-state index in [-0.39, 0.29) is 22.9 Å². The molecule has 8 nitrogen and oxygen atoms in total. The average molecular weight is 376 g/mol. The number of carbonyl (C=O) groups excluding carboxylic acids is 2. The highest BCUT2D eigenvalue weighted by molar-refractivity contribution is 6.09. The Labute approximate surface area is 158 Å². The number of phenols is 1. The van der Waals surface area contributed by atoms with Crippen LogP contribution in [0.3, 0.4) is 0 Å². The van der Waals surface area contributed by atoms with Crippen molar-refractivity contribution >= 4 is 39.3 Å². The Morgan fingerprint density at radius 3 is 2.46 bits per heavy atom. The molecule has 1 aromatic heterocycles. The third-order valence-electron chi connectivity index (χ3n) is 4.46. The van der Waals surface area contributed by atoms with Crippen molar-refractivity contribution in [1.82, 2.24) is 15.3 Å². The molecule has 0 aliphatic rings. The van der Waals surface area contributed by atoms with Gasteiger partial charge in [0.1, 0.15) is 5.75 Å². The van der Waals surface area contributed by atoms with Crippen molar-refractivity contribution in [3.05, 3.63) is 70.1 Å². The summed E-state index contributed by atoms with van der Waals surface area (Å²) in [5, 5.41) is 16.9. The standard InChI is InChI=1S/C20H16N4O4/c1-21-18(26)11-3-2-10-8-17(25)14(7-12(10)6-11)19(27)22-13-4-5-15-16(9-13)24-20(28)23-15/h2-9,25H,1H3,(H,21,26)(H,22,27)(H2,23,24,28). The summed E-state index contributed by atoms with van der Waals surface area (Å²) in [5.41, 5.74) is 1.83. The predicted molar refractivity (Wildman–Crippen MR) is 106 cm³/mol. The number of carbonyl (C=O) groups is 2. The summed E-state index contributed by atoms with van der Waals surface area (Å²) < 4.78 is 0. The fourth-order valence-corrected chi connectivity index (χ4v) is 3.06. The van der Waals surface area contributed by atoms with Gasteiger partial charge in [-0.3, -0.25) is 9.59 Å². The molecule has 0 saturated heterocycles. The minimum Gasteiger partial charge on any atom is -0.507 e. The number of amides is 2. The zero-order chi connectivity index (χ0) is 19.8.